The van der Waals surface area contributed by atoms with Crippen LogP contribution in [0.5, 0.6) is 0 Å². The van der Waals surface area contributed by atoms with Crippen LogP contribution in [0.3, 0.4) is 0 Å². The van der Waals surface area contributed by atoms with E-state index in [4.69, 9.17) is 32.8 Å². The van der Waals surface area contributed by atoms with Gasteiger partial charge in [-0.15, -0.1) is 0 Å². The number of carboxylic acid groups (broad SMARTS) is 1. The van der Waals surface area contributed by atoms with Gasteiger partial charge in [0.15, 0.2) is 12.0 Å². The van der Waals surface area contributed by atoms with E-state index in [9.17, 15) is 25.2 Å². The van der Waals surface area contributed by atoms with Crippen LogP contribution in [0.15, 0.2) is 79.3 Å². The van der Waals surface area contributed by atoms with Gasteiger partial charge in [-0.05, 0) is 58.5 Å². The third-order valence-electron chi connectivity index (χ3n) is 8.17. The standard InChI is InChI=1S/C33H30Cl2N4O7/c1-45-38-30-26-20(11-12-40)15-39(31(26)37-16-36-30)32-28(42)27(41)29(46-32)25(19-8-10-23(34)24(35)14-19)22-13-18(7-9-21(22)33(43)44)17-5-3-2-4-6-17/h2-10,13-16,25,27-29,32,40-42H,11-12H2,1H3,(H,43,44)(H,36,37,38)/t25-,27+,28-,29+,32-/m1/s1. The number of fused-ring (bicyclic) bond motifs is 1. The number of aliphatic hydroxyl groups is 3. The van der Waals surface area contributed by atoms with E-state index in [1.54, 1.807) is 41.1 Å². The highest BCUT2D eigenvalue weighted by atomic mass is 35.5. The van der Waals surface area contributed by atoms with Gasteiger partial charge in [-0.3, -0.25) is 4.84 Å². The summed E-state index contributed by atoms with van der Waals surface area (Å²) < 4.78 is 8.08. The minimum Gasteiger partial charge on any atom is -0.478 e. The Morgan fingerprint density at radius 3 is 2.50 bits per heavy atom. The van der Waals surface area contributed by atoms with Gasteiger partial charge in [0.25, 0.3) is 0 Å². The fourth-order valence-corrected chi connectivity index (χ4v) is 6.41. The number of hydrogen-bond acceptors (Lipinski definition) is 9. The molecule has 0 aliphatic carbocycles. The van der Waals surface area contributed by atoms with Crippen molar-refractivity contribution in [1.29, 1.82) is 0 Å². The third-order valence-corrected chi connectivity index (χ3v) is 8.91. The first kappa shape index (κ1) is 31.9. The average Bonchev–Trinajstić information content (AvgIpc) is 3.56. The quantitative estimate of drug-likeness (QED) is 0.128. The summed E-state index contributed by atoms with van der Waals surface area (Å²) in [5.74, 6) is -1.75. The van der Waals surface area contributed by atoms with Crippen molar-refractivity contribution in [3.05, 3.63) is 112 Å². The molecule has 0 saturated carbocycles. The predicted molar refractivity (Wildman–Crippen MR) is 172 cm³/mol. The monoisotopic (exact) mass is 664 g/mol. The number of halogens is 2. The minimum atomic E-state index is -1.48. The summed E-state index contributed by atoms with van der Waals surface area (Å²) in [6, 6.07) is 19.3. The van der Waals surface area contributed by atoms with Crippen molar-refractivity contribution in [1.82, 2.24) is 14.5 Å². The number of benzene rings is 3. The van der Waals surface area contributed by atoms with Gasteiger partial charge in [0.05, 0.1) is 34.2 Å². The van der Waals surface area contributed by atoms with Crippen LogP contribution in [-0.4, -0.2) is 73.0 Å². The van der Waals surface area contributed by atoms with E-state index in [1.165, 1.54) is 19.5 Å². The molecule has 2 aromatic heterocycles. The summed E-state index contributed by atoms with van der Waals surface area (Å²) in [7, 11) is 1.43. The number of aromatic carboxylic acids is 1. The van der Waals surface area contributed by atoms with E-state index in [-0.39, 0.29) is 23.6 Å². The van der Waals surface area contributed by atoms with Crippen molar-refractivity contribution >= 4 is 46.0 Å². The smallest absolute Gasteiger partial charge is 0.335 e. The molecule has 0 amide bonds. The Balaban J connectivity index is 1.51. The molecule has 1 fully saturated rings. The molecule has 238 valence electrons. The molecule has 46 heavy (non-hydrogen) atoms. The van der Waals surface area contributed by atoms with Gasteiger partial charge in [-0.1, -0.05) is 65.7 Å². The Labute approximate surface area is 273 Å². The van der Waals surface area contributed by atoms with Crippen LogP contribution < -0.4 is 5.48 Å². The molecule has 11 nitrogen and oxygen atoms in total. The number of aliphatic hydroxyl groups excluding tert-OH is 3. The van der Waals surface area contributed by atoms with E-state index in [2.05, 4.69) is 15.4 Å². The van der Waals surface area contributed by atoms with E-state index in [1.807, 2.05) is 30.3 Å². The van der Waals surface area contributed by atoms with Crippen molar-refractivity contribution in [2.24, 2.45) is 0 Å². The van der Waals surface area contributed by atoms with Crippen LogP contribution in [0.1, 0.15) is 39.2 Å². The molecular weight excluding hydrogens is 635 g/mol. The van der Waals surface area contributed by atoms with Crippen molar-refractivity contribution in [3.8, 4) is 11.1 Å². The highest BCUT2D eigenvalue weighted by Crippen LogP contribution is 2.45. The Hall–Kier alpha value is -4.07. The van der Waals surface area contributed by atoms with E-state index in [0.717, 1.165) is 11.1 Å². The zero-order chi connectivity index (χ0) is 32.5. The lowest BCUT2D eigenvalue weighted by Gasteiger charge is -2.28. The highest BCUT2D eigenvalue weighted by Gasteiger charge is 2.49. The molecule has 1 aliphatic heterocycles. The molecule has 5 aromatic rings. The predicted octanol–water partition coefficient (Wildman–Crippen LogP) is 5.06. The number of carboxylic acids is 1. The van der Waals surface area contributed by atoms with Crippen LogP contribution >= 0.6 is 23.2 Å². The molecule has 0 spiro atoms. The molecule has 5 atom stereocenters. The maximum atomic E-state index is 12.6. The second-order valence-corrected chi connectivity index (χ2v) is 11.7. The average molecular weight is 666 g/mol. The molecule has 0 unspecified atom stereocenters. The normalized spacial score (nSPS) is 20.2. The van der Waals surface area contributed by atoms with Gasteiger partial charge >= 0.3 is 5.97 Å². The summed E-state index contributed by atoms with van der Waals surface area (Å²) in [6.45, 7) is -0.172. The van der Waals surface area contributed by atoms with Gasteiger partial charge in [0, 0.05) is 18.7 Å². The molecule has 13 heteroatoms. The highest BCUT2D eigenvalue weighted by molar-refractivity contribution is 6.42. The summed E-state index contributed by atoms with van der Waals surface area (Å²) in [6.07, 6.45) is -2.04. The number of rotatable bonds is 10. The van der Waals surface area contributed by atoms with Crippen LogP contribution in [-0.2, 0) is 16.0 Å². The molecular formula is C33H30Cl2N4O7. The van der Waals surface area contributed by atoms with Crippen LogP contribution in [0.2, 0.25) is 10.0 Å². The minimum absolute atomic E-state index is 0.0100. The molecule has 3 aromatic carbocycles. The van der Waals surface area contributed by atoms with Gasteiger partial charge < -0.3 is 29.7 Å². The fraction of sp³-hybridized carbons (Fsp3) is 0.242. The lowest BCUT2D eigenvalue weighted by molar-refractivity contribution is -0.0390. The molecule has 1 saturated heterocycles. The maximum Gasteiger partial charge on any atom is 0.335 e. The number of aromatic nitrogens is 3. The lowest BCUT2D eigenvalue weighted by Crippen LogP contribution is -2.35. The second-order valence-electron chi connectivity index (χ2n) is 10.9. The lowest BCUT2D eigenvalue weighted by atomic mass is 9.80. The van der Waals surface area contributed by atoms with Crippen molar-refractivity contribution in [3.63, 3.8) is 0 Å². The first-order chi connectivity index (χ1) is 22.2. The summed E-state index contributed by atoms with van der Waals surface area (Å²) in [5, 5.41) is 44.3. The number of carbonyl (C=O) groups is 1. The first-order valence-corrected chi connectivity index (χ1v) is 15.1. The van der Waals surface area contributed by atoms with Crippen molar-refractivity contribution in [2.75, 3.05) is 19.2 Å². The Kier molecular flexibility index (Phi) is 9.25. The topological polar surface area (TPSA) is 159 Å². The Morgan fingerprint density at radius 1 is 1.02 bits per heavy atom. The SMILES string of the molecule is CONc1ncnc2c1c(CCO)cn2[C@@H]1O[C@@H]([C@H](c2ccc(Cl)c(Cl)c2)c2cc(-c3ccccc3)ccc2C(=O)O)[C@@H](O)[C@H]1O. The van der Waals surface area contributed by atoms with Gasteiger partial charge in [0.1, 0.15) is 24.2 Å². The van der Waals surface area contributed by atoms with E-state index in [0.29, 0.717) is 38.6 Å². The molecule has 6 rings (SSSR count). The molecule has 5 N–H and O–H groups in total. The third kappa shape index (κ3) is 5.82. The molecule has 3 heterocycles. The number of nitrogens with zero attached hydrogens (tertiary/aromatic N) is 3. The van der Waals surface area contributed by atoms with Crippen LogP contribution in [0, 0.1) is 0 Å². The summed E-state index contributed by atoms with van der Waals surface area (Å²) >= 11 is 12.7. The molecule has 0 bridgehead atoms. The van der Waals surface area contributed by atoms with Gasteiger partial charge in [-0.25, -0.2) is 20.2 Å². The summed E-state index contributed by atoms with van der Waals surface area (Å²) in [5.41, 5.74) is 6.17. The van der Waals surface area contributed by atoms with E-state index >= 15 is 0 Å². The number of ether oxygens (including phenoxy) is 1. The summed E-state index contributed by atoms with van der Waals surface area (Å²) in [4.78, 5) is 26.3. The largest absolute Gasteiger partial charge is 0.478 e. The van der Waals surface area contributed by atoms with Gasteiger partial charge in [0.2, 0.25) is 0 Å². The zero-order valence-electron chi connectivity index (χ0n) is 24.4. The Morgan fingerprint density at radius 2 is 1.80 bits per heavy atom. The number of nitrogens with one attached hydrogen (secondary N) is 1. The van der Waals surface area contributed by atoms with Crippen molar-refractivity contribution < 1.29 is 34.8 Å². The number of hydrogen-bond donors (Lipinski definition) is 5. The van der Waals surface area contributed by atoms with Crippen LogP contribution in [0.4, 0.5) is 5.82 Å². The van der Waals surface area contributed by atoms with Crippen LogP contribution in [0.25, 0.3) is 22.2 Å². The zero-order valence-corrected chi connectivity index (χ0v) is 25.9. The number of anilines is 1. The first-order valence-electron chi connectivity index (χ1n) is 14.4. The van der Waals surface area contributed by atoms with E-state index < -0.39 is 36.4 Å². The second kappa shape index (κ2) is 13.3. The Bertz CT molecular complexity index is 1890. The maximum absolute atomic E-state index is 12.6. The molecule has 0 radical (unpaired) electrons. The fourth-order valence-electron chi connectivity index (χ4n) is 6.11. The van der Waals surface area contributed by atoms with Crippen molar-refractivity contribution in [2.45, 2.75) is 36.9 Å². The molecule has 1 aliphatic rings. The van der Waals surface area contributed by atoms with Gasteiger partial charge in [-0.2, -0.15) is 0 Å².